The monoisotopic (exact) mass is 480 g/mol. The number of nitrogens with one attached hydrogen (secondary N) is 1. The van der Waals surface area contributed by atoms with E-state index >= 15 is 0 Å². The number of hydrogen-bond donors (Lipinski definition) is 1. The van der Waals surface area contributed by atoms with Crippen molar-refractivity contribution in [3.05, 3.63) is 90.2 Å². The number of nitrogens with zero attached hydrogens (tertiary/aromatic N) is 3. The molecule has 1 amide bonds. The minimum Gasteiger partial charge on any atom is -0.495 e. The van der Waals surface area contributed by atoms with Crippen molar-refractivity contribution >= 4 is 35.0 Å². The Morgan fingerprint density at radius 3 is 2.73 bits per heavy atom. The minimum absolute atomic E-state index is 0.222. The van der Waals surface area contributed by atoms with Gasteiger partial charge in [0.15, 0.2) is 10.9 Å². The summed E-state index contributed by atoms with van der Waals surface area (Å²) in [6.45, 7) is 4.29. The molecule has 4 rings (SSSR count). The Balaban J connectivity index is 1.65. The maximum absolute atomic E-state index is 13.4. The quantitative estimate of drug-likeness (QED) is 0.239. The van der Waals surface area contributed by atoms with Gasteiger partial charge in [-0.3, -0.25) is 9.36 Å². The lowest BCUT2D eigenvalue weighted by Crippen LogP contribution is -2.19. The first-order chi connectivity index (χ1) is 16.1. The van der Waals surface area contributed by atoms with E-state index in [0.29, 0.717) is 39.7 Å². The average Bonchev–Trinajstić information content (AvgIpc) is 3.48. The second-order valence-corrected chi connectivity index (χ2v) is 8.41. The number of allylic oxidation sites excluding steroid dienone is 1. The number of ether oxygens (including phenoxy) is 1. The molecule has 1 N–H and O–H groups in total. The van der Waals surface area contributed by atoms with Crippen molar-refractivity contribution in [3.63, 3.8) is 0 Å². The van der Waals surface area contributed by atoms with Crippen LogP contribution >= 0.6 is 23.4 Å². The van der Waals surface area contributed by atoms with E-state index in [-0.39, 0.29) is 5.91 Å². The fourth-order valence-electron chi connectivity index (χ4n) is 3.22. The molecule has 33 heavy (non-hydrogen) atoms. The Labute approximate surface area is 200 Å². The van der Waals surface area contributed by atoms with Crippen LogP contribution in [0.1, 0.15) is 10.8 Å². The molecule has 7 nitrogen and oxygen atoms in total. The van der Waals surface area contributed by atoms with Crippen LogP contribution in [0.3, 0.4) is 0 Å². The van der Waals surface area contributed by atoms with Crippen LogP contribution in [0.2, 0.25) is 5.02 Å². The van der Waals surface area contributed by atoms with Gasteiger partial charge in [-0.05, 0) is 35.9 Å². The summed E-state index contributed by atoms with van der Waals surface area (Å²) in [7, 11) is 1.54. The Bertz CT molecular complexity index is 1240. The van der Waals surface area contributed by atoms with E-state index in [9.17, 15) is 4.79 Å². The molecule has 0 saturated carbocycles. The van der Waals surface area contributed by atoms with Crippen LogP contribution < -0.4 is 10.1 Å². The number of amides is 1. The predicted molar refractivity (Wildman–Crippen MR) is 130 cm³/mol. The van der Waals surface area contributed by atoms with Gasteiger partial charge in [0.25, 0.3) is 0 Å². The van der Waals surface area contributed by atoms with E-state index in [1.54, 1.807) is 36.6 Å². The van der Waals surface area contributed by atoms with E-state index < -0.39 is 5.25 Å². The molecule has 2 heterocycles. The summed E-state index contributed by atoms with van der Waals surface area (Å²) in [5, 5.41) is 11.9. The van der Waals surface area contributed by atoms with Crippen molar-refractivity contribution in [1.82, 2.24) is 14.8 Å². The molecule has 168 valence electrons. The highest BCUT2D eigenvalue weighted by Crippen LogP contribution is 2.37. The lowest BCUT2D eigenvalue weighted by molar-refractivity contribution is -0.115. The summed E-state index contributed by atoms with van der Waals surface area (Å²) in [6.07, 6.45) is 3.33. The molecule has 0 saturated heterocycles. The number of carbonyl (C=O) groups excluding carboxylic acids is 1. The lowest BCUT2D eigenvalue weighted by atomic mass is 10.1. The SMILES string of the molecule is C=CCn1c(SC(C(=O)Nc2ccc(OC)c(Cl)c2)c2ccccc2)nnc1-c1ccco1. The molecule has 0 fully saturated rings. The number of rotatable bonds is 9. The first kappa shape index (κ1) is 22.7. The Morgan fingerprint density at radius 1 is 1.24 bits per heavy atom. The Hall–Kier alpha value is -3.49. The fourth-order valence-corrected chi connectivity index (χ4v) is 4.52. The zero-order valence-corrected chi connectivity index (χ0v) is 19.3. The third kappa shape index (κ3) is 5.13. The first-order valence-electron chi connectivity index (χ1n) is 10.0. The maximum Gasteiger partial charge on any atom is 0.242 e. The predicted octanol–water partition coefficient (Wildman–Crippen LogP) is 5.86. The molecular formula is C24H21ClN4O3S. The number of thioether (sulfide) groups is 1. The molecular weight excluding hydrogens is 460 g/mol. The zero-order chi connectivity index (χ0) is 23.2. The topological polar surface area (TPSA) is 82.2 Å². The number of halogens is 1. The van der Waals surface area contributed by atoms with Crippen LogP contribution in [0.25, 0.3) is 11.6 Å². The standard InChI is InChI=1S/C24H21ClN4O3S/c1-3-13-29-22(20-10-7-14-32-20)27-28-24(29)33-21(16-8-5-4-6-9-16)23(30)26-17-11-12-19(31-2)18(25)15-17/h3-12,14-15,21H,1,13H2,2H3,(H,26,30). The summed E-state index contributed by atoms with van der Waals surface area (Å²) in [6, 6.07) is 18.2. The van der Waals surface area contributed by atoms with E-state index in [0.717, 1.165) is 5.56 Å². The van der Waals surface area contributed by atoms with Crippen LogP contribution in [0.15, 0.2) is 89.2 Å². The highest BCUT2D eigenvalue weighted by atomic mass is 35.5. The lowest BCUT2D eigenvalue weighted by Gasteiger charge is -2.17. The third-order valence-electron chi connectivity index (χ3n) is 4.75. The van der Waals surface area contributed by atoms with Gasteiger partial charge in [-0.25, -0.2) is 0 Å². The summed E-state index contributed by atoms with van der Waals surface area (Å²) in [5.41, 5.74) is 1.39. The first-order valence-corrected chi connectivity index (χ1v) is 11.3. The van der Waals surface area contributed by atoms with Crippen LogP contribution in [0.5, 0.6) is 5.75 Å². The van der Waals surface area contributed by atoms with Crippen LogP contribution in [-0.4, -0.2) is 27.8 Å². The van der Waals surface area contributed by atoms with E-state index in [4.69, 9.17) is 20.8 Å². The number of benzene rings is 2. The number of aromatic nitrogens is 3. The van der Waals surface area contributed by atoms with Crippen LogP contribution in [0, 0.1) is 0 Å². The molecule has 2 aromatic carbocycles. The molecule has 0 bridgehead atoms. The maximum atomic E-state index is 13.4. The number of carbonyl (C=O) groups is 1. The highest BCUT2D eigenvalue weighted by Gasteiger charge is 2.26. The van der Waals surface area contributed by atoms with E-state index in [1.807, 2.05) is 41.0 Å². The van der Waals surface area contributed by atoms with Crippen molar-refractivity contribution in [1.29, 1.82) is 0 Å². The van der Waals surface area contributed by atoms with Gasteiger partial charge in [-0.2, -0.15) is 0 Å². The summed E-state index contributed by atoms with van der Waals surface area (Å²) >= 11 is 7.52. The number of anilines is 1. The van der Waals surface area contributed by atoms with Gasteiger partial charge < -0.3 is 14.5 Å². The number of furan rings is 1. The summed E-state index contributed by atoms with van der Waals surface area (Å²) < 4.78 is 12.5. The Morgan fingerprint density at radius 2 is 2.06 bits per heavy atom. The van der Waals surface area contributed by atoms with Gasteiger partial charge in [0.1, 0.15) is 11.0 Å². The smallest absolute Gasteiger partial charge is 0.242 e. The van der Waals surface area contributed by atoms with Gasteiger partial charge in [-0.15, -0.1) is 16.8 Å². The fraction of sp³-hybridized carbons (Fsp3) is 0.125. The minimum atomic E-state index is -0.593. The number of methoxy groups -OCH3 is 1. The molecule has 0 aliphatic rings. The Kier molecular flexibility index (Phi) is 7.16. The second kappa shape index (κ2) is 10.4. The molecule has 0 aliphatic carbocycles. The molecule has 9 heteroatoms. The normalized spacial score (nSPS) is 11.7. The van der Waals surface area contributed by atoms with Gasteiger partial charge in [0, 0.05) is 12.2 Å². The molecule has 4 aromatic rings. The van der Waals surface area contributed by atoms with Crippen LogP contribution in [0.4, 0.5) is 5.69 Å². The second-order valence-electron chi connectivity index (χ2n) is 6.93. The average molecular weight is 481 g/mol. The highest BCUT2D eigenvalue weighted by molar-refractivity contribution is 8.00. The zero-order valence-electron chi connectivity index (χ0n) is 17.8. The molecule has 1 atom stereocenters. The van der Waals surface area contributed by atoms with Gasteiger partial charge in [0.2, 0.25) is 11.7 Å². The van der Waals surface area contributed by atoms with E-state index in [2.05, 4.69) is 22.1 Å². The van der Waals surface area contributed by atoms with Gasteiger partial charge >= 0.3 is 0 Å². The van der Waals surface area contributed by atoms with E-state index in [1.165, 1.54) is 18.9 Å². The van der Waals surface area contributed by atoms with Crippen LogP contribution in [-0.2, 0) is 11.3 Å². The molecule has 2 aromatic heterocycles. The van der Waals surface area contributed by atoms with Crippen molar-refractivity contribution < 1.29 is 13.9 Å². The summed E-state index contributed by atoms with van der Waals surface area (Å²) in [5.74, 6) is 1.47. The molecule has 1 unspecified atom stereocenters. The largest absolute Gasteiger partial charge is 0.495 e. The third-order valence-corrected chi connectivity index (χ3v) is 6.28. The summed E-state index contributed by atoms with van der Waals surface area (Å²) in [4.78, 5) is 13.4. The van der Waals surface area contributed by atoms with Gasteiger partial charge in [0.05, 0.1) is 18.4 Å². The molecule has 0 spiro atoms. The van der Waals surface area contributed by atoms with Crippen molar-refractivity contribution in [3.8, 4) is 17.3 Å². The number of hydrogen-bond acceptors (Lipinski definition) is 6. The molecule has 0 aliphatic heterocycles. The van der Waals surface area contributed by atoms with Crippen molar-refractivity contribution in [2.75, 3.05) is 12.4 Å². The van der Waals surface area contributed by atoms with Crippen molar-refractivity contribution in [2.24, 2.45) is 0 Å². The van der Waals surface area contributed by atoms with Crippen molar-refractivity contribution in [2.45, 2.75) is 17.0 Å². The van der Waals surface area contributed by atoms with Gasteiger partial charge in [-0.1, -0.05) is 59.8 Å². The molecule has 0 radical (unpaired) electrons.